The van der Waals surface area contributed by atoms with E-state index in [-0.39, 0.29) is 11.3 Å². The summed E-state index contributed by atoms with van der Waals surface area (Å²) < 4.78 is 5.35. The second kappa shape index (κ2) is 5.89. The molecule has 24 heavy (non-hydrogen) atoms. The highest BCUT2D eigenvalue weighted by molar-refractivity contribution is 5.97. The molecule has 126 valence electrons. The van der Waals surface area contributed by atoms with Crippen LogP contribution in [0.2, 0.25) is 0 Å². The summed E-state index contributed by atoms with van der Waals surface area (Å²) >= 11 is 0. The van der Waals surface area contributed by atoms with E-state index in [1.54, 1.807) is 12.0 Å². The lowest BCUT2D eigenvalue weighted by molar-refractivity contribution is 0.0747. The number of ether oxygens (including phenoxy) is 1. The lowest BCUT2D eigenvalue weighted by atomic mass is 9.95. The molecule has 1 aliphatic heterocycles. The molecule has 0 spiro atoms. The molecule has 5 heteroatoms. The predicted molar refractivity (Wildman–Crippen MR) is 92.0 cm³/mol. The second-order valence-electron chi connectivity index (χ2n) is 7.28. The molecule has 1 aromatic heterocycles. The molecule has 0 atom stereocenters. The molecule has 0 N–H and O–H groups in total. The van der Waals surface area contributed by atoms with Gasteiger partial charge in [0.2, 0.25) is 0 Å². The Balaban J connectivity index is 1.88. The van der Waals surface area contributed by atoms with E-state index < -0.39 is 0 Å². The molecule has 3 rings (SSSR count). The zero-order chi connectivity index (χ0) is 17.5. The number of carbonyl (C=O) groups is 1. The summed E-state index contributed by atoms with van der Waals surface area (Å²) in [6.07, 6.45) is 1.85. The first-order valence-corrected chi connectivity index (χ1v) is 8.09. The second-order valence-corrected chi connectivity index (χ2v) is 7.28. The quantitative estimate of drug-likeness (QED) is 0.850. The van der Waals surface area contributed by atoms with Crippen LogP contribution in [-0.2, 0) is 18.5 Å². The average Bonchev–Trinajstić information content (AvgIpc) is 2.96. The third-order valence-electron chi connectivity index (χ3n) is 4.20. The highest BCUT2D eigenvalue weighted by Crippen LogP contribution is 2.28. The number of hydrogen-bond acceptors (Lipinski definition) is 4. The molecule has 2 heterocycles. The summed E-state index contributed by atoms with van der Waals surface area (Å²) in [5.41, 5.74) is 3.48. The normalized spacial score (nSPS) is 13.8. The number of amides is 1. The van der Waals surface area contributed by atoms with Crippen LogP contribution in [0.4, 0.5) is 0 Å². The molecule has 0 radical (unpaired) electrons. The van der Waals surface area contributed by atoms with Gasteiger partial charge < -0.3 is 9.64 Å². The molecule has 1 aromatic carbocycles. The smallest absolute Gasteiger partial charge is 0.258 e. The maximum absolute atomic E-state index is 12.9. The van der Waals surface area contributed by atoms with Gasteiger partial charge in [0.25, 0.3) is 5.91 Å². The lowest BCUT2D eigenvalue weighted by Gasteiger charge is -2.17. The summed E-state index contributed by atoms with van der Waals surface area (Å²) in [6, 6.07) is 5.65. The maximum atomic E-state index is 12.9. The Hall–Kier alpha value is -2.43. The first kappa shape index (κ1) is 16.4. The Bertz CT molecular complexity index is 794. The van der Waals surface area contributed by atoms with Gasteiger partial charge in [0.05, 0.1) is 24.9 Å². The molecular weight excluding hydrogens is 302 g/mol. The first-order valence-electron chi connectivity index (χ1n) is 8.09. The van der Waals surface area contributed by atoms with Gasteiger partial charge in [-0.3, -0.25) is 4.79 Å². The number of methoxy groups -OCH3 is 1. The number of hydrogen-bond donors (Lipinski definition) is 0. The third-order valence-corrected chi connectivity index (χ3v) is 4.20. The van der Waals surface area contributed by atoms with Gasteiger partial charge in [-0.25, -0.2) is 9.97 Å². The minimum atomic E-state index is -0.105. The number of rotatable bonds is 2. The predicted octanol–water partition coefficient (Wildman–Crippen LogP) is 3.25. The summed E-state index contributed by atoms with van der Waals surface area (Å²) in [4.78, 5) is 23.9. The molecule has 5 nitrogen and oxygen atoms in total. The molecule has 1 amide bonds. The van der Waals surface area contributed by atoms with Gasteiger partial charge in [-0.1, -0.05) is 32.4 Å². The van der Waals surface area contributed by atoms with Crippen molar-refractivity contribution in [2.75, 3.05) is 7.11 Å². The highest BCUT2D eigenvalue weighted by atomic mass is 16.5. The third kappa shape index (κ3) is 2.98. The van der Waals surface area contributed by atoms with Crippen molar-refractivity contribution in [1.82, 2.24) is 14.9 Å². The van der Waals surface area contributed by atoms with Crippen LogP contribution in [0.3, 0.4) is 0 Å². The highest BCUT2D eigenvalue weighted by Gasteiger charge is 2.29. The van der Waals surface area contributed by atoms with Crippen molar-refractivity contribution in [3.63, 3.8) is 0 Å². The van der Waals surface area contributed by atoms with E-state index in [1.807, 2.05) is 31.3 Å². The fourth-order valence-corrected chi connectivity index (χ4v) is 2.82. The largest absolute Gasteiger partial charge is 0.496 e. The van der Waals surface area contributed by atoms with Crippen LogP contribution in [0.25, 0.3) is 0 Å². The number of aryl methyl sites for hydroxylation is 1. The molecule has 0 unspecified atom stereocenters. The summed E-state index contributed by atoms with van der Waals surface area (Å²) in [7, 11) is 1.58. The van der Waals surface area contributed by atoms with Gasteiger partial charge in [-0.05, 0) is 19.1 Å². The van der Waals surface area contributed by atoms with Crippen molar-refractivity contribution in [2.24, 2.45) is 0 Å². The Morgan fingerprint density at radius 1 is 1.25 bits per heavy atom. The van der Waals surface area contributed by atoms with E-state index in [9.17, 15) is 4.79 Å². The first-order chi connectivity index (χ1) is 11.3. The van der Waals surface area contributed by atoms with Crippen molar-refractivity contribution in [3.8, 4) is 5.75 Å². The van der Waals surface area contributed by atoms with Crippen molar-refractivity contribution in [2.45, 2.75) is 46.2 Å². The van der Waals surface area contributed by atoms with Gasteiger partial charge in [0.1, 0.15) is 11.6 Å². The number of aromatic nitrogens is 2. The number of fused-ring (bicyclic) bond motifs is 1. The van der Waals surface area contributed by atoms with Crippen molar-refractivity contribution >= 4 is 5.91 Å². The fraction of sp³-hybridized carbons (Fsp3) is 0.421. The minimum Gasteiger partial charge on any atom is -0.496 e. The molecule has 0 aliphatic carbocycles. The van der Waals surface area contributed by atoms with E-state index in [2.05, 4.69) is 30.7 Å². The van der Waals surface area contributed by atoms with Gasteiger partial charge in [-0.15, -0.1) is 0 Å². The van der Waals surface area contributed by atoms with Crippen LogP contribution in [-0.4, -0.2) is 27.9 Å². The number of benzene rings is 1. The Kier molecular flexibility index (Phi) is 4.03. The molecule has 0 saturated heterocycles. The SMILES string of the molecule is COc1ccc(C)cc1C(=O)N1Cc2cnc(C(C)(C)C)nc2C1. The standard InChI is InChI=1S/C19H23N3O2/c1-12-6-7-16(24-5)14(8-12)17(23)22-10-13-9-20-18(19(2,3)4)21-15(13)11-22/h6-9H,10-11H2,1-5H3. The van der Waals surface area contributed by atoms with Crippen LogP contribution in [0, 0.1) is 6.92 Å². The van der Waals surface area contributed by atoms with E-state index >= 15 is 0 Å². The monoisotopic (exact) mass is 325 g/mol. The Morgan fingerprint density at radius 3 is 2.67 bits per heavy atom. The number of carbonyl (C=O) groups excluding carboxylic acids is 1. The number of nitrogens with zero attached hydrogens (tertiary/aromatic N) is 3. The molecule has 0 bridgehead atoms. The van der Waals surface area contributed by atoms with Crippen molar-refractivity contribution < 1.29 is 9.53 Å². The molecule has 0 fully saturated rings. The molecule has 0 saturated carbocycles. The van der Waals surface area contributed by atoms with E-state index in [0.717, 1.165) is 22.6 Å². The molecule has 2 aromatic rings. The zero-order valence-electron chi connectivity index (χ0n) is 14.9. The minimum absolute atomic E-state index is 0.0362. The van der Waals surface area contributed by atoms with Crippen molar-refractivity contribution in [1.29, 1.82) is 0 Å². The lowest BCUT2D eigenvalue weighted by Crippen LogP contribution is -2.26. The topological polar surface area (TPSA) is 55.3 Å². The van der Waals surface area contributed by atoms with Crippen LogP contribution in [0.5, 0.6) is 5.75 Å². The van der Waals surface area contributed by atoms with E-state index in [0.29, 0.717) is 24.4 Å². The summed E-state index contributed by atoms with van der Waals surface area (Å²) in [6.45, 7) is 9.28. The fourth-order valence-electron chi connectivity index (χ4n) is 2.82. The van der Waals surface area contributed by atoms with E-state index in [1.165, 1.54) is 0 Å². The van der Waals surface area contributed by atoms with Crippen LogP contribution in [0.15, 0.2) is 24.4 Å². The van der Waals surface area contributed by atoms with E-state index in [4.69, 9.17) is 4.74 Å². The van der Waals surface area contributed by atoms with Crippen LogP contribution in [0.1, 0.15) is 53.8 Å². The van der Waals surface area contributed by atoms with Crippen LogP contribution >= 0.6 is 0 Å². The maximum Gasteiger partial charge on any atom is 0.258 e. The van der Waals surface area contributed by atoms with Crippen LogP contribution < -0.4 is 4.74 Å². The Morgan fingerprint density at radius 2 is 2.00 bits per heavy atom. The summed E-state index contributed by atoms with van der Waals surface area (Å²) in [5, 5.41) is 0. The summed E-state index contributed by atoms with van der Waals surface area (Å²) in [5.74, 6) is 1.37. The average molecular weight is 325 g/mol. The zero-order valence-corrected chi connectivity index (χ0v) is 14.9. The Labute approximate surface area is 142 Å². The van der Waals surface area contributed by atoms with Crippen molar-refractivity contribution in [3.05, 3.63) is 52.6 Å². The van der Waals surface area contributed by atoms with Gasteiger partial charge in [0, 0.05) is 23.7 Å². The van der Waals surface area contributed by atoms with Gasteiger partial charge >= 0.3 is 0 Å². The van der Waals surface area contributed by atoms with Gasteiger partial charge in [0.15, 0.2) is 0 Å². The van der Waals surface area contributed by atoms with Gasteiger partial charge in [-0.2, -0.15) is 0 Å². The molecular formula is C19H23N3O2. The molecule has 1 aliphatic rings.